The molecule has 0 fully saturated rings. The van der Waals surface area contributed by atoms with Gasteiger partial charge in [0.05, 0.1) is 6.04 Å². The van der Waals surface area contributed by atoms with Crippen LogP contribution < -0.4 is 5.32 Å². The molecule has 0 saturated heterocycles. The van der Waals surface area contributed by atoms with Gasteiger partial charge in [-0.05, 0) is 24.7 Å². The van der Waals surface area contributed by atoms with Gasteiger partial charge in [0.1, 0.15) is 5.71 Å². The van der Waals surface area contributed by atoms with Gasteiger partial charge in [0, 0.05) is 31.5 Å². The van der Waals surface area contributed by atoms with Gasteiger partial charge in [-0.15, -0.1) is 0 Å². The van der Waals surface area contributed by atoms with E-state index in [0.717, 1.165) is 18.7 Å². The molecule has 0 unspecified atom stereocenters. The summed E-state index contributed by atoms with van der Waals surface area (Å²) in [5.74, 6) is -0.308. The minimum atomic E-state index is -0.233. The highest BCUT2D eigenvalue weighted by molar-refractivity contribution is 6.39. The van der Waals surface area contributed by atoms with Gasteiger partial charge in [0.15, 0.2) is 0 Å². The largest absolute Gasteiger partial charge is 0.349 e. The Morgan fingerprint density at radius 2 is 2.00 bits per heavy atom. The predicted octanol–water partition coefficient (Wildman–Crippen LogP) is 2.45. The summed E-state index contributed by atoms with van der Waals surface area (Å²) in [6, 6.07) is 7.68. The smallest absolute Gasteiger partial charge is 0.267 e. The van der Waals surface area contributed by atoms with Crippen LogP contribution in [0.2, 0.25) is 5.02 Å². The molecule has 0 spiro atoms. The zero-order valence-corrected chi connectivity index (χ0v) is 15.7. The van der Waals surface area contributed by atoms with Gasteiger partial charge in [0.25, 0.3) is 5.91 Å². The van der Waals surface area contributed by atoms with Gasteiger partial charge in [-0.3, -0.25) is 14.5 Å². The van der Waals surface area contributed by atoms with Crippen molar-refractivity contribution in [3.63, 3.8) is 0 Å². The maximum atomic E-state index is 12.4. The summed E-state index contributed by atoms with van der Waals surface area (Å²) in [4.78, 5) is 26.2. The third-order valence-corrected chi connectivity index (χ3v) is 4.79. The summed E-state index contributed by atoms with van der Waals surface area (Å²) < 4.78 is 0. The van der Waals surface area contributed by atoms with E-state index in [9.17, 15) is 9.59 Å². The van der Waals surface area contributed by atoms with Crippen LogP contribution >= 0.6 is 11.6 Å². The molecule has 7 heteroatoms. The van der Waals surface area contributed by atoms with Crippen molar-refractivity contribution in [3.8, 4) is 0 Å². The van der Waals surface area contributed by atoms with Crippen molar-refractivity contribution in [2.24, 2.45) is 5.10 Å². The number of carbonyl (C=O) groups is 2. The molecule has 1 aromatic rings. The zero-order valence-electron chi connectivity index (χ0n) is 15.0. The number of hydrogen-bond donors (Lipinski definition) is 1. The lowest BCUT2D eigenvalue weighted by atomic mass is 10.0. The van der Waals surface area contributed by atoms with E-state index in [1.807, 2.05) is 24.3 Å². The lowest BCUT2D eigenvalue weighted by Crippen LogP contribution is -2.42. The number of hydrogen-bond acceptors (Lipinski definition) is 4. The summed E-state index contributed by atoms with van der Waals surface area (Å²) in [5.41, 5.74) is 1.38. The molecule has 0 radical (unpaired) electrons. The Bertz CT molecular complexity index is 658. The molecule has 2 rings (SSSR count). The molecular weight excluding hydrogens is 340 g/mol. The second-order valence-corrected chi connectivity index (χ2v) is 6.34. The zero-order chi connectivity index (χ0) is 18.4. The van der Waals surface area contributed by atoms with Crippen molar-refractivity contribution >= 4 is 29.1 Å². The number of rotatable bonds is 7. The van der Waals surface area contributed by atoms with Gasteiger partial charge in [0.2, 0.25) is 5.91 Å². The number of hydrazone groups is 1. The Balaban J connectivity index is 2.12. The summed E-state index contributed by atoms with van der Waals surface area (Å²) in [7, 11) is 1.57. The number of nitrogens with zero attached hydrogens (tertiary/aromatic N) is 3. The van der Waals surface area contributed by atoms with Crippen molar-refractivity contribution in [2.75, 3.05) is 26.7 Å². The van der Waals surface area contributed by atoms with Crippen LogP contribution in [0.5, 0.6) is 0 Å². The fraction of sp³-hybridized carbons (Fsp3) is 0.500. The molecule has 1 aromatic carbocycles. The van der Waals surface area contributed by atoms with E-state index in [1.165, 1.54) is 5.01 Å². The van der Waals surface area contributed by atoms with Gasteiger partial charge in [-0.1, -0.05) is 43.6 Å². The maximum absolute atomic E-state index is 12.4. The van der Waals surface area contributed by atoms with Crippen molar-refractivity contribution in [2.45, 2.75) is 32.7 Å². The standard InChI is InChI=1S/C18H25ClN4O2/c1-4-23(5-2)16(13-8-6-7-9-14(13)19)12-20-18(25)15-10-11-17(24)22(3)21-15/h6-9,16H,4-5,10-12H2,1-3H3,(H,20,25)/t16-/m0/s1. The fourth-order valence-corrected chi connectivity index (χ4v) is 3.23. The van der Waals surface area contributed by atoms with Crippen LogP contribution in [-0.2, 0) is 9.59 Å². The van der Waals surface area contributed by atoms with E-state index < -0.39 is 0 Å². The molecule has 1 aliphatic rings. The number of halogens is 1. The van der Waals surface area contributed by atoms with Crippen LogP contribution in [0.4, 0.5) is 0 Å². The topological polar surface area (TPSA) is 65.0 Å². The van der Waals surface area contributed by atoms with Gasteiger partial charge < -0.3 is 5.32 Å². The molecule has 6 nitrogen and oxygen atoms in total. The van der Waals surface area contributed by atoms with Gasteiger partial charge in [-0.25, -0.2) is 5.01 Å². The Morgan fingerprint density at radius 3 is 2.60 bits per heavy atom. The van der Waals surface area contributed by atoms with Gasteiger partial charge in [-0.2, -0.15) is 5.10 Å². The molecule has 0 bridgehead atoms. The Morgan fingerprint density at radius 1 is 1.32 bits per heavy atom. The van der Waals surface area contributed by atoms with E-state index in [4.69, 9.17) is 11.6 Å². The SMILES string of the molecule is CCN(CC)[C@@H](CNC(=O)C1=NN(C)C(=O)CC1)c1ccccc1Cl. The highest BCUT2D eigenvalue weighted by atomic mass is 35.5. The minimum Gasteiger partial charge on any atom is -0.349 e. The van der Waals surface area contributed by atoms with Crippen molar-refractivity contribution in [1.29, 1.82) is 0 Å². The number of carbonyl (C=O) groups excluding carboxylic acids is 2. The quantitative estimate of drug-likeness (QED) is 0.808. The third-order valence-electron chi connectivity index (χ3n) is 4.44. The van der Waals surface area contributed by atoms with E-state index in [0.29, 0.717) is 30.1 Å². The minimum absolute atomic E-state index is 0.0174. The predicted molar refractivity (Wildman–Crippen MR) is 99.6 cm³/mol. The first-order valence-electron chi connectivity index (χ1n) is 8.58. The molecule has 136 valence electrons. The number of amides is 2. The van der Waals surface area contributed by atoms with Crippen molar-refractivity contribution in [1.82, 2.24) is 15.2 Å². The van der Waals surface area contributed by atoms with E-state index in [-0.39, 0.29) is 17.9 Å². The molecule has 1 N–H and O–H groups in total. The molecule has 0 aliphatic carbocycles. The van der Waals surface area contributed by atoms with E-state index in [2.05, 4.69) is 29.2 Å². The molecule has 0 aromatic heterocycles. The highest BCUT2D eigenvalue weighted by Gasteiger charge is 2.25. The fourth-order valence-electron chi connectivity index (χ4n) is 2.97. The van der Waals surface area contributed by atoms with Crippen molar-refractivity contribution in [3.05, 3.63) is 34.9 Å². The van der Waals surface area contributed by atoms with Crippen LogP contribution in [0.15, 0.2) is 29.4 Å². The third kappa shape index (κ3) is 4.80. The van der Waals surface area contributed by atoms with Crippen LogP contribution in [0, 0.1) is 0 Å². The first-order valence-corrected chi connectivity index (χ1v) is 8.96. The molecule has 2 amide bonds. The molecule has 1 atom stereocenters. The summed E-state index contributed by atoms with van der Waals surface area (Å²) in [5, 5.41) is 8.94. The lowest BCUT2D eigenvalue weighted by Gasteiger charge is -2.31. The van der Waals surface area contributed by atoms with Crippen LogP contribution in [0.1, 0.15) is 38.3 Å². The number of benzene rings is 1. The average Bonchev–Trinajstić information content (AvgIpc) is 2.61. The molecule has 0 saturated carbocycles. The summed E-state index contributed by atoms with van der Waals surface area (Å²) >= 11 is 6.37. The average molecular weight is 365 g/mol. The first kappa shape index (κ1) is 19.4. The number of likely N-dealkylation sites (N-methyl/N-ethyl adjacent to an activating group) is 1. The first-order chi connectivity index (χ1) is 12.0. The Labute approximate surface area is 153 Å². The Kier molecular flexibility index (Phi) is 6.96. The number of nitrogens with one attached hydrogen (secondary N) is 1. The van der Waals surface area contributed by atoms with Crippen LogP contribution in [0.3, 0.4) is 0 Å². The molecule has 1 aliphatic heterocycles. The van der Waals surface area contributed by atoms with Crippen LogP contribution in [0.25, 0.3) is 0 Å². The normalized spacial score (nSPS) is 16.0. The molecule has 25 heavy (non-hydrogen) atoms. The highest BCUT2D eigenvalue weighted by Crippen LogP contribution is 2.27. The summed E-state index contributed by atoms with van der Waals surface area (Å²) in [6.07, 6.45) is 0.684. The van der Waals surface area contributed by atoms with E-state index in [1.54, 1.807) is 7.05 Å². The summed E-state index contributed by atoms with van der Waals surface area (Å²) in [6.45, 7) is 6.30. The van der Waals surface area contributed by atoms with Crippen molar-refractivity contribution < 1.29 is 9.59 Å². The van der Waals surface area contributed by atoms with Gasteiger partial charge >= 0.3 is 0 Å². The monoisotopic (exact) mass is 364 g/mol. The molecule has 1 heterocycles. The maximum Gasteiger partial charge on any atom is 0.267 e. The second kappa shape index (κ2) is 8.97. The molecular formula is C18H25ClN4O2. The Hall–Kier alpha value is -1.92. The van der Waals surface area contributed by atoms with Crippen LogP contribution in [-0.4, -0.2) is 54.1 Å². The van der Waals surface area contributed by atoms with E-state index >= 15 is 0 Å². The second-order valence-electron chi connectivity index (χ2n) is 5.93. The lowest BCUT2D eigenvalue weighted by molar-refractivity contribution is -0.130.